The first-order chi connectivity index (χ1) is 13.2. The van der Waals surface area contributed by atoms with Crippen LogP contribution in [0.4, 0.5) is 4.79 Å². The van der Waals surface area contributed by atoms with Crippen molar-refractivity contribution in [3.8, 4) is 0 Å². The average molecular weight is 390 g/mol. The second-order valence-electron chi connectivity index (χ2n) is 8.02. The van der Waals surface area contributed by atoms with Crippen molar-refractivity contribution in [3.63, 3.8) is 0 Å². The molecule has 0 spiro atoms. The van der Waals surface area contributed by atoms with Crippen molar-refractivity contribution >= 4 is 18.0 Å². The Morgan fingerprint density at radius 3 is 2.29 bits per heavy atom. The molecule has 1 saturated heterocycles. The van der Waals surface area contributed by atoms with Gasteiger partial charge in [-0.3, -0.25) is 4.79 Å². The number of nitrogens with one attached hydrogen (secondary N) is 1. The summed E-state index contributed by atoms with van der Waals surface area (Å²) < 4.78 is 10.2. The molecule has 28 heavy (non-hydrogen) atoms. The molecular weight excluding hydrogens is 360 g/mol. The number of benzene rings is 1. The quantitative estimate of drug-likeness (QED) is 0.781. The molecule has 1 aliphatic heterocycles. The number of hydrogen-bond donors (Lipinski definition) is 1. The fourth-order valence-electron chi connectivity index (χ4n) is 3.13. The van der Waals surface area contributed by atoms with E-state index >= 15 is 0 Å². The van der Waals surface area contributed by atoms with Gasteiger partial charge >= 0.3 is 12.1 Å². The number of piperidine rings is 1. The fourth-order valence-corrected chi connectivity index (χ4v) is 3.13. The normalized spacial score (nSPS) is 16.2. The van der Waals surface area contributed by atoms with Gasteiger partial charge in [0.1, 0.15) is 11.6 Å². The molecule has 1 aromatic rings. The monoisotopic (exact) mass is 390 g/mol. The van der Waals surface area contributed by atoms with Gasteiger partial charge in [0.15, 0.2) is 0 Å². The molecule has 154 valence electrons. The Kier molecular flexibility index (Phi) is 7.43. The minimum absolute atomic E-state index is 0.185. The summed E-state index contributed by atoms with van der Waals surface area (Å²) in [5.41, 5.74) is 0.397. The van der Waals surface area contributed by atoms with Gasteiger partial charge in [0.25, 0.3) is 0 Å². The van der Waals surface area contributed by atoms with E-state index in [1.54, 1.807) is 4.90 Å². The summed E-state index contributed by atoms with van der Waals surface area (Å²) in [6.45, 7) is 6.38. The van der Waals surface area contributed by atoms with E-state index in [0.29, 0.717) is 32.4 Å². The summed E-state index contributed by atoms with van der Waals surface area (Å²) in [7, 11) is 1.31. The molecule has 0 bridgehead atoms. The Morgan fingerprint density at radius 1 is 1.14 bits per heavy atom. The summed E-state index contributed by atoms with van der Waals surface area (Å²) in [6, 6.07) is 8.75. The van der Waals surface area contributed by atoms with Crippen molar-refractivity contribution in [3.05, 3.63) is 35.9 Å². The molecule has 0 unspecified atom stereocenters. The fraction of sp³-hybridized carbons (Fsp3) is 0.571. The van der Waals surface area contributed by atoms with Crippen LogP contribution in [0, 0.1) is 5.92 Å². The highest BCUT2D eigenvalue weighted by Gasteiger charge is 2.32. The molecule has 1 heterocycles. The zero-order valence-electron chi connectivity index (χ0n) is 17.1. The maximum Gasteiger partial charge on any atom is 0.410 e. The van der Waals surface area contributed by atoms with Crippen LogP contribution >= 0.6 is 0 Å². The van der Waals surface area contributed by atoms with E-state index in [2.05, 4.69) is 5.32 Å². The van der Waals surface area contributed by atoms with Crippen molar-refractivity contribution in [1.82, 2.24) is 10.2 Å². The third-order valence-corrected chi connectivity index (χ3v) is 4.60. The number of carbonyl (C=O) groups is 3. The van der Waals surface area contributed by atoms with E-state index in [0.717, 1.165) is 5.56 Å². The van der Waals surface area contributed by atoms with Gasteiger partial charge in [-0.1, -0.05) is 30.3 Å². The average Bonchev–Trinajstić information content (AvgIpc) is 2.66. The number of methoxy groups -OCH3 is 1. The molecule has 2 amide bonds. The van der Waals surface area contributed by atoms with Gasteiger partial charge < -0.3 is 19.7 Å². The predicted molar refractivity (Wildman–Crippen MR) is 105 cm³/mol. The molecule has 1 atom stereocenters. The number of rotatable bonds is 5. The third kappa shape index (κ3) is 6.55. The van der Waals surface area contributed by atoms with Crippen LogP contribution in [0.25, 0.3) is 0 Å². The highest BCUT2D eigenvalue weighted by atomic mass is 16.6. The molecule has 1 N–H and O–H groups in total. The van der Waals surface area contributed by atoms with Crippen LogP contribution in [0.3, 0.4) is 0 Å². The molecular formula is C21H30N2O5. The van der Waals surface area contributed by atoms with Gasteiger partial charge in [-0.2, -0.15) is 0 Å². The number of nitrogens with zero attached hydrogens (tertiary/aromatic N) is 1. The number of hydrogen-bond acceptors (Lipinski definition) is 5. The standard InChI is InChI=1S/C21H30N2O5/c1-21(2,3)28-20(26)23-12-10-16(11-13-23)18(24)22-17(19(25)27-4)14-15-8-6-5-7-9-15/h5-9,16-17H,10-14H2,1-4H3,(H,22,24)/t17-/m0/s1. The van der Waals surface area contributed by atoms with Crippen LogP contribution in [0.2, 0.25) is 0 Å². The minimum Gasteiger partial charge on any atom is -0.467 e. The van der Waals surface area contributed by atoms with Crippen LogP contribution in [0.5, 0.6) is 0 Å². The summed E-state index contributed by atoms with van der Waals surface area (Å²) in [6.07, 6.45) is 1.08. The lowest BCUT2D eigenvalue weighted by Gasteiger charge is -2.33. The lowest BCUT2D eigenvalue weighted by molar-refractivity contribution is -0.145. The van der Waals surface area contributed by atoms with Crippen molar-refractivity contribution in [2.24, 2.45) is 5.92 Å². The maximum atomic E-state index is 12.7. The van der Waals surface area contributed by atoms with Crippen LogP contribution in [0.1, 0.15) is 39.2 Å². The van der Waals surface area contributed by atoms with Crippen molar-refractivity contribution < 1.29 is 23.9 Å². The molecule has 7 heteroatoms. The number of amides is 2. The third-order valence-electron chi connectivity index (χ3n) is 4.60. The van der Waals surface area contributed by atoms with Crippen LogP contribution in [-0.2, 0) is 25.5 Å². The van der Waals surface area contributed by atoms with Gasteiger partial charge in [0.2, 0.25) is 5.91 Å². The van der Waals surface area contributed by atoms with Crippen LogP contribution in [0.15, 0.2) is 30.3 Å². The number of likely N-dealkylation sites (tertiary alicyclic amines) is 1. The SMILES string of the molecule is COC(=O)[C@H](Cc1ccccc1)NC(=O)C1CCN(C(=O)OC(C)(C)C)CC1. The molecule has 7 nitrogen and oxygen atoms in total. The van der Waals surface area contributed by atoms with Gasteiger partial charge in [-0.05, 0) is 39.2 Å². The minimum atomic E-state index is -0.733. The second kappa shape index (κ2) is 9.57. The molecule has 0 saturated carbocycles. The summed E-state index contributed by atoms with van der Waals surface area (Å²) in [4.78, 5) is 38.5. The summed E-state index contributed by atoms with van der Waals surface area (Å²) >= 11 is 0. The van der Waals surface area contributed by atoms with Gasteiger partial charge in [-0.25, -0.2) is 9.59 Å². The Bertz CT molecular complexity index is 676. The van der Waals surface area contributed by atoms with E-state index in [9.17, 15) is 14.4 Å². The predicted octanol–water partition coefficient (Wildman–Crippen LogP) is 2.53. The number of esters is 1. The van der Waals surface area contributed by atoms with E-state index in [1.807, 2.05) is 51.1 Å². The van der Waals surface area contributed by atoms with Crippen molar-refractivity contribution in [1.29, 1.82) is 0 Å². The number of carbonyl (C=O) groups excluding carboxylic acids is 3. The van der Waals surface area contributed by atoms with E-state index in [4.69, 9.17) is 9.47 Å². The Hall–Kier alpha value is -2.57. The topological polar surface area (TPSA) is 84.9 Å². The Labute approximate surface area is 166 Å². The summed E-state index contributed by atoms with van der Waals surface area (Å²) in [5.74, 6) is -0.903. The van der Waals surface area contributed by atoms with Crippen LogP contribution in [-0.4, -0.2) is 54.7 Å². The molecule has 0 aliphatic carbocycles. The number of ether oxygens (including phenoxy) is 2. The molecule has 2 rings (SSSR count). The van der Waals surface area contributed by atoms with Crippen molar-refractivity contribution in [2.45, 2.75) is 51.7 Å². The summed E-state index contributed by atoms with van der Waals surface area (Å²) in [5, 5.41) is 2.82. The lowest BCUT2D eigenvalue weighted by atomic mass is 9.95. The van der Waals surface area contributed by atoms with E-state index < -0.39 is 17.6 Å². The Morgan fingerprint density at radius 2 is 1.75 bits per heavy atom. The Balaban J connectivity index is 1.90. The second-order valence-corrected chi connectivity index (χ2v) is 8.02. The van der Waals surface area contributed by atoms with Gasteiger partial charge in [0, 0.05) is 25.4 Å². The molecule has 1 aliphatic rings. The smallest absolute Gasteiger partial charge is 0.410 e. The molecule has 0 aromatic heterocycles. The largest absolute Gasteiger partial charge is 0.467 e. The highest BCUT2D eigenvalue weighted by Crippen LogP contribution is 2.20. The first kappa shape index (κ1) is 21.7. The van der Waals surface area contributed by atoms with Crippen molar-refractivity contribution in [2.75, 3.05) is 20.2 Å². The van der Waals surface area contributed by atoms with E-state index in [-0.39, 0.29) is 17.9 Å². The highest BCUT2D eigenvalue weighted by molar-refractivity contribution is 5.86. The molecule has 1 fully saturated rings. The first-order valence-corrected chi connectivity index (χ1v) is 9.59. The molecule has 1 aromatic carbocycles. The maximum absolute atomic E-state index is 12.7. The van der Waals surface area contributed by atoms with Crippen LogP contribution < -0.4 is 5.32 Å². The lowest BCUT2D eigenvalue weighted by Crippen LogP contribution is -2.49. The zero-order valence-corrected chi connectivity index (χ0v) is 17.1. The van der Waals surface area contributed by atoms with E-state index in [1.165, 1.54) is 7.11 Å². The molecule has 0 radical (unpaired) electrons. The first-order valence-electron chi connectivity index (χ1n) is 9.59. The van der Waals surface area contributed by atoms with Gasteiger partial charge in [0.05, 0.1) is 7.11 Å². The zero-order chi connectivity index (χ0) is 20.7. The van der Waals surface area contributed by atoms with Gasteiger partial charge in [-0.15, -0.1) is 0 Å².